The van der Waals surface area contributed by atoms with Crippen LogP contribution in [0.25, 0.3) is 0 Å². The van der Waals surface area contributed by atoms with E-state index in [0.717, 1.165) is 31.2 Å². The van der Waals surface area contributed by atoms with Crippen LogP contribution in [-0.4, -0.2) is 41.5 Å². The molecule has 1 aliphatic heterocycles. The molecule has 1 aliphatic rings. The molecule has 0 aliphatic carbocycles. The Balaban J connectivity index is 1.54. The molecule has 0 unspecified atom stereocenters. The highest BCUT2D eigenvalue weighted by atomic mass is 35.5. The fraction of sp³-hybridized carbons (Fsp3) is 0.333. The third-order valence-electron chi connectivity index (χ3n) is 5.76. The molecule has 1 saturated heterocycles. The maximum Gasteiger partial charge on any atom is 0.260 e. The third-order valence-corrected chi connectivity index (χ3v) is 8.04. The van der Waals surface area contributed by atoms with Crippen molar-refractivity contribution < 1.29 is 13.2 Å². The molecule has 0 saturated carbocycles. The Hall–Kier alpha value is -2.68. The van der Waals surface area contributed by atoms with Crippen LogP contribution in [0.5, 0.6) is 0 Å². The number of hydrogen-bond acceptors (Lipinski definition) is 4. The van der Waals surface area contributed by atoms with Gasteiger partial charge in [0.05, 0.1) is 22.7 Å². The Morgan fingerprint density at radius 1 is 1.03 bits per heavy atom. The van der Waals surface area contributed by atoms with Crippen LogP contribution in [0.4, 0.5) is 5.69 Å². The van der Waals surface area contributed by atoms with Crippen molar-refractivity contribution in [1.82, 2.24) is 14.1 Å². The number of hydrogen-bond donors (Lipinski definition) is 1. The summed E-state index contributed by atoms with van der Waals surface area (Å²) in [5.74, 6) is -0.430. The van der Waals surface area contributed by atoms with E-state index < -0.39 is 15.9 Å². The molecule has 0 bridgehead atoms. The number of nitrogens with zero attached hydrogens (tertiary/aromatic N) is 3. The zero-order chi connectivity index (χ0) is 23.4. The molecule has 7 nitrogen and oxygen atoms in total. The molecule has 2 aromatic carbocycles. The second-order valence-electron chi connectivity index (χ2n) is 8.19. The molecule has 1 N–H and O–H groups in total. The number of aromatic nitrogens is 2. The van der Waals surface area contributed by atoms with Crippen LogP contribution < -0.4 is 5.32 Å². The van der Waals surface area contributed by atoms with Gasteiger partial charge in [-0.1, -0.05) is 60.8 Å². The molecular weight excluding hydrogens is 460 g/mol. The maximum absolute atomic E-state index is 13.1. The predicted molar refractivity (Wildman–Crippen MR) is 129 cm³/mol. The van der Waals surface area contributed by atoms with Crippen molar-refractivity contribution in [2.45, 2.75) is 44.0 Å². The Kier molecular flexibility index (Phi) is 7.17. The van der Waals surface area contributed by atoms with Gasteiger partial charge in [-0.25, -0.2) is 13.1 Å². The van der Waals surface area contributed by atoms with Crippen molar-refractivity contribution in [3.05, 3.63) is 76.6 Å². The van der Waals surface area contributed by atoms with E-state index in [4.69, 9.17) is 11.6 Å². The Morgan fingerprint density at radius 2 is 1.73 bits per heavy atom. The fourth-order valence-corrected chi connectivity index (χ4v) is 5.92. The average molecular weight is 487 g/mol. The predicted octanol–water partition coefficient (Wildman–Crippen LogP) is 4.71. The summed E-state index contributed by atoms with van der Waals surface area (Å²) in [5.41, 5.74) is 2.18. The fourth-order valence-electron chi connectivity index (χ4n) is 4.03. The lowest BCUT2D eigenvalue weighted by atomic mass is 10.2. The van der Waals surface area contributed by atoms with Gasteiger partial charge in [-0.3, -0.25) is 4.79 Å². The van der Waals surface area contributed by atoms with Crippen molar-refractivity contribution in [2.24, 2.45) is 0 Å². The topological polar surface area (TPSA) is 84.3 Å². The highest BCUT2D eigenvalue weighted by Crippen LogP contribution is 2.25. The summed E-state index contributed by atoms with van der Waals surface area (Å²) < 4.78 is 29.3. The zero-order valence-corrected chi connectivity index (χ0v) is 20.1. The van der Waals surface area contributed by atoms with Gasteiger partial charge in [0.1, 0.15) is 5.15 Å². The Labute approximate surface area is 199 Å². The van der Waals surface area contributed by atoms with Gasteiger partial charge in [0.15, 0.2) is 0 Å². The van der Waals surface area contributed by atoms with Gasteiger partial charge in [0, 0.05) is 18.8 Å². The summed E-state index contributed by atoms with van der Waals surface area (Å²) in [6.07, 6.45) is 3.81. The van der Waals surface area contributed by atoms with E-state index in [1.165, 1.54) is 10.4 Å². The number of nitrogens with one attached hydrogen (secondary N) is 1. The van der Waals surface area contributed by atoms with Crippen LogP contribution in [0.1, 0.15) is 47.3 Å². The minimum absolute atomic E-state index is 0.171. The van der Waals surface area contributed by atoms with E-state index in [2.05, 4.69) is 10.4 Å². The van der Waals surface area contributed by atoms with E-state index in [9.17, 15) is 13.2 Å². The van der Waals surface area contributed by atoms with Crippen LogP contribution >= 0.6 is 11.6 Å². The van der Waals surface area contributed by atoms with Crippen LogP contribution in [-0.2, 0) is 16.6 Å². The van der Waals surface area contributed by atoms with Gasteiger partial charge in [0.25, 0.3) is 5.91 Å². The Morgan fingerprint density at radius 3 is 2.42 bits per heavy atom. The van der Waals surface area contributed by atoms with Gasteiger partial charge in [-0.15, -0.1) is 0 Å². The van der Waals surface area contributed by atoms with Crippen LogP contribution in [0.15, 0.2) is 59.5 Å². The van der Waals surface area contributed by atoms with Crippen molar-refractivity contribution >= 4 is 33.2 Å². The van der Waals surface area contributed by atoms with Crippen LogP contribution in [0.2, 0.25) is 5.15 Å². The number of carbonyl (C=O) groups is 1. The van der Waals surface area contributed by atoms with Crippen molar-refractivity contribution in [3.63, 3.8) is 0 Å². The summed E-state index contributed by atoms with van der Waals surface area (Å²) in [7, 11) is -3.62. The number of amides is 1. The van der Waals surface area contributed by atoms with E-state index in [0.29, 0.717) is 31.0 Å². The zero-order valence-electron chi connectivity index (χ0n) is 18.5. The van der Waals surface area contributed by atoms with Crippen molar-refractivity contribution in [3.8, 4) is 0 Å². The highest BCUT2D eigenvalue weighted by molar-refractivity contribution is 7.89. The molecule has 9 heteroatoms. The summed E-state index contributed by atoms with van der Waals surface area (Å²) >= 11 is 6.50. The molecule has 33 heavy (non-hydrogen) atoms. The van der Waals surface area contributed by atoms with Gasteiger partial charge in [0.2, 0.25) is 10.0 Å². The molecule has 4 rings (SSSR count). The molecular formula is C24H27ClN4O3S. The summed E-state index contributed by atoms with van der Waals surface area (Å²) in [6.45, 7) is 3.21. The minimum Gasteiger partial charge on any atom is -0.322 e. The monoisotopic (exact) mass is 486 g/mol. The first-order valence-electron chi connectivity index (χ1n) is 11.0. The second-order valence-corrected chi connectivity index (χ2v) is 10.5. The SMILES string of the molecule is Cc1nn(Cc2ccccc2)c(Cl)c1C(=O)Nc1cccc(S(=O)(=O)N2CCCCCC2)c1. The first-order valence-corrected chi connectivity index (χ1v) is 12.9. The second kappa shape index (κ2) is 10.1. The number of carbonyl (C=O) groups excluding carboxylic acids is 1. The summed E-state index contributed by atoms with van der Waals surface area (Å²) in [6, 6.07) is 16.1. The van der Waals surface area contributed by atoms with Crippen molar-refractivity contribution in [2.75, 3.05) is 18.4 Å². The lowest BCUT2D eigenvalue weighted by molar-refractivity contribution is 0.102. The van der Waals surface area contributed by atoms with Gasteiger partial charge in [-0.2, -0.15) is 9.40 Å². The van der Waals surface area contributed by atoms with Gasteiger partial charge >= 0.3 is 0 Å². The quantitative estimate of drug-likeness (QED) is 0.546. The van der Waals surface area contributed by atoms with E-state index in [-0.39, 0.29) is 15.6 Å². The minimum atomic E-state index is -3.62. The van der Waals surface area contributed by atoms with Gasteiger partial charge in [-0.05, 0) is 43.5 Å². The smallest absolute Gasteiger partial charge is 0.260 e. The standard InChI is InChI=1S/C24H27ClN4O3S/c1-18-22(23(25)29(27-18)17-19-10-5-4-6-11-19)24(30)26-20-12-9-13-21(16-20)33(31,32)28-14-7-2-3-8-15-28/h4-6,9-13,16H,2-3,7-8,14-15,17H2,1H3,(H,26,30). The number of rotatable bonds is 6. The average Bonchev–Trinajstić information content (AvgIpc) is 2.98. The highest BCUT2D eigenvalue weighted by Gasteiger charge is 2.26. The molecule has 1 aromatic heterocycles. The number of sulfonamides is 1. The summed E-state index contributed by atoms with van der Waals surface area (Å²) in [5, 5.41) is 7.44. The lowest BCUT2D eigenvalue weighted by Gasteiger charge is -2.20. The van der Waals surface area contributed by atoms with Crippen LogP contribution in [0, 0.1) is 6.92 Å². The molecule has 0 atom stereocenters. The van der Waals surface area contributed by atoms with Crippen molar-refractivity contribution in [1.29, 1.82) is 0 Å². The molecule has 1 amide bonds. The molecule has 0 radical (unpaired) electrons. The molecule has 0 spiro atoms. The van der Waals surface area contributed by atoms with E-state index >= 15 is 0 Å². The molecule has 2 heterocycles. The number of anilines is 1. The molecule has 1 fully saturated rings. The number of halogens is 1. The largest absolute Gasteiger partial charge is 0.322 e. The summed E-state index contributed by atoms with van der Waals surface area (Å²) in [4.78, 5) is 13.2. The maximum atomic E-state index is 13.1. The number of benzene rings is 2. The first kappa shape index (κ1) is 23.5. The van der Waals surface area contributed by atoms with Gasteiger partial charge < -0.3 is 5.32 Å². The Bertz CT molecular complexity index is 1230. The van der Waals surface area contributed by atoms with E-state index in [1.807, 2.05) is 30.3 Å². The molecule has 3 aromatic rings. The van der Waals surface area contributed by atoms with Crippen LogP contribution in [0.3, 0.4) is 0 Å². The lowest BCUT2D eigenvalue weighted by Crippen LogP contribution is -2.32. The first-order chi connectivity index (χ1) is 15.9. The number of aryl methyl sites for hydroxylation is 1. The molecule has 174 valence electrons. The van der Waals surface area contributed by atoms with E-state index in [1.54, 1.807) is 29.8 Å². The third kappa shape index (κ3) is 5.29. The normalized spacial score (nSPS) is 15.2.